The van der Waals surface area contributed by atoms with Crippen molar-refractivity contribution >= 4 is 26.7 Å². The predicted molar refractivity (Wildman–Crippen MR) is 28.8 cm³/mol. The van der Waals surface area contributed by atoms with Gasteiger partial charge >= 0.3 is 36.6 Å². The van der Waals surface area contributed by atoms with Gasteiger partial charge in [0.25, 0.3) is 0 Å². The maximum absolute atomic E-state index is 2.44. The second kappa shape index (κ2) is 2.26. The van der Waals surface area contributed by atoms with Crippen LogP contribution in [0.4, 0.5) is 0 Å². The van der Waals surface area contributed by atoms with E-state index < -0.39 is 19.0 Å². The van der Waals surface area contributed by atoms with Crippen LogP contribution in [0, 0.1) is 0 Å². The zero-order valence-corrected chi connectivity index (χ0v) is 8.87. The van der Waals surface area contributed by atoms with E-state index in [1.807, 2.05) is 0 Å². The van der Waals surface area contributed by atoms with Crippen molar-refractivity contribution in [1.82, 2.24) is 0 Å². The van der Waals surface area contributed by atoms with Gasteiger partial charge in [-0.25, -0.2) is 0 Å². The van der Waals surface area contributed by atoms with Gasteiger partial charge in [-0.15, -0.1) is 0 Å². The summed E-state index contributed by atoms with van der Waals surface area (Å²) in [5.41, 5.74) is 0. The SMILES string of the molecule is [CH3][SnH]([CH3])[SiH3]. The van der Waals surface area contributed by atoms with E-state index in [9.17, 15) is 0 Å². The number of hydrogen-bond donors (Lipinski definition) is 0. The molecule has 0 amide bonds. The molecule has 0 fully saturated rings. The van der Waals surface area contributed by atoms with E-state index in [0.717, 1.165) is 0 Å². The van der Waals surface area contributed by atoms with Crippen molar-refractivity contribution in [2.75, 3.05) is 0 Å². The summed E-state index contributed by atoms with van der Waals surface area (Å²) in [5.74, 6) is 0. The van der Waals surface area contributed by atoms with Crippen molar-refractivity contribution in [3.8, 4) is 0 Å². The van der Waals surface area contributed by atoms with Gasteiger partial charge < -0.3 is 0 Å². The van der Waals surface area contributed by atoms with Gasteiger partial charge in [0.15, 0.2) is 0 Å². The third kappa shape index (κ3) is 11.9. The summed E-state index contributed by atoms with van der Waals surface area (Å²) in [6.45, 7) is 0. The Morgan fingerprint density at radius 3 is 1.50 bits per heavy atom. The molecule has 0 saturated heterocycles. The number of rotatable bonds is 0. The third-order valence-electron chi connectivity index (χ3n) is 0. The summed E-state index contributed by atoms with van der Waals surface area (Å²) in [7, 11) is 1.56. The van der Waals surface area contributed by atoms with Gasteiger partial charge in [-0.1, -0.05) is 0 Å². The van der Waals surface area contributed by atoms with Crippen LogP contribution in [0.5, 0.6) is 0 Å². The average molecular weight is 181 g/mol. The molecule has 0 spiro atoms. The molecule has 0 rings (SSSR count). The maximum atomic E-state index is 2.44. The van der Waals surface area contributed by atoms with E-state index in [1.54, 1.807) is 7.75 Å². The Morgan fingerprint density at radius 2 is 1.50 bits per heavy atom. The van der Waals surface area contributed by atoms with Crippen molar-refractivity contribution in [3.63, 3.8) is 0 Å². The van der Waals surface area contributed by atoms with Gasteiger partial charge in [0.1, 0.15) is 0 Å². The summed E-state index contributed by atoms with van der Waals surface area (Å²) in [5, 5.41) is 0. The Kier molecular flexibility index (Phi) is 2.84. The fraction of sp³-hybridized carbons (Fsp3) is 1.00. The Labute approximate surface area is 36.8 Å². The molecule has 0 atom stereocenters. The molecule has 0 bridgehead atoms. The molecule has 2 heteroatoms. The molecular formula is C2H10SiSn. The molecular weight excluding hydrogens is 171 g/mol. The second-order valence-corrected chi connectivity index (χ2v) is 27.1. The normalized spacial score (nSPS) is 9.75. The molecule has 0 aliphatic rings. The summed E-state index contributed by atoms with van der Waals surface area (Å²) in [4.78, 5) is 4.88. The van der Waals surface area contributed by atoms with E-state index in [0.29, 0.717) is 0 Å². The Hall–Kier alpha value is 1.02. The van der Waals surface area contributed by atoms with E-state index >= 15 is 0 Å². The fourth-order valence-electron chi connectivity index (χ4n) is 0. The molecule has 0 aromatic heterocycles. The first kappa shape index (κ1) is 5.02. The van der Waals surface area contributed by atoms with Crippen LogP contribution in [0.1, 0.15) is 0 Å². The molecule has 0 unspecified atom stereocenters. The molecule has 26 valence electrons. The van der Waals surface area contributed by atoms with Crippen molar-refractivity contribution in [2.45, 2.75) is 9.88 Å². The van der Waals surface area contributed by atoms with Gasteiger partial charge in [-0.2, -0.15) is 0 Å². The van der Waals surface area contributed by atoms with Crippen LogP contribution in [0.2, 0.25) is 9.88 Å². The van der Waals surface area contributed by atoms with Crippen LogP contribution in [0.25, 0.3) is 0 Å². The minimum atomic E-state index is -0.498. The summed E-state index contributed by atoms with van der Waals surface area (Å²) in [6.07, 6.45) is 0. The third-order valence-corrected chi connectivity index (χ3v) is 0. The molecule has 0 nitrogen and oxygen atoms in total. The van der Waals surface area contributed by atoms with Gasteiger partial charge in [0.05, 0.1) is 0 Å². The molecule has 0 saturated carbocycles. The monoisotopic (exact) mass is 182 g/mol. The van der Waals surface area contributed by atoms with Crippen LogP contribution in [0.15, 0.2) is 0 Å². The van der Waals surface area contributed by atoms with Crippen LogP contribution >= 0.6 is 0 Å². The molecule has 0 radical (unpaired) electrons. The Morgan fingerprint density at radius 1 is 1.50 bits per heavy atom. The van der Waals surface area contributed by atoms with Crippen molar-refractivity contribution in [3.05, 3.63) is 0 Å². The van der Waals surface area contributed by atoms with E-state index in [2.05, 4.69) is 9.88 Å². The Bertz CT molecular complexity index is 10.8. The van der Waals surface area contributed by atoms with E-state index in [4.69, 9.17) is 0 Å². The van der Waals surface area contributed by atoms with Crippen LogP contribution in [0.3, 0.4) is 0 Å². The van der Waals surface area contributed by atoms with Crippen molar-refractivity contribution in [2.24, 2.45) is 0 Å². The molecule has 4 heavy (non-hydrogen) atoms. The summed E-state index contributed by atoms with van der Waals surface area (Å²) in [6, 6.07) is 0. The topological polar surface area (TPSA) is 0 Å². The van der Waals surface area contributed by atoms with Crippen LogP contribution in [-0.2, 0) is 0 Å². The average Bonchev–Trinajstić information content (AvgIpc) is 0.811. The molecule has 0 aromatic carbocycles. The number of hydrogen-bond acceptors (Lipinski definition) is 0. The molecule has 0 aromatic rings. The van der Waals surface area contributed by atoms with Gasteiger partial charge in [0.2, 0.25) is 0 Å². The molecule has 0 N–H and O–H groups in total. The van der Waals surface area contributed by atoms with E-state index in [-0.39, 0.29) is 0 Å². The summed E-state index contributed by atoms with van der Waals surface area (Å²) < 4.78 is 0. The van der Waals surface area contributed by atoms with Crippen LogP contribution < -0.4 is 0 Å². The minimum absolute atomic E-state index is 0.498. The van der Waals surface area contributed by atoms with Gasteiger partial charge in [0, 0.05) is 0 Å². The molecule has 0 aliphatic heterocycles. The van der Waals surface area contributed by atoms with Crippen molar-refractivity contribution in [1.29, 1.82) is 0 Å². The molecule has 0 heterocycles. The first-order valence-corrected chi connectivity index (χ1v) is 19.4. The summed E-state index contributed by atoms with van der Waals surface area (Å²) >= 11 is -0.498. The van der Waals surface area contributed by atoms with Gasteiger partial charge in [-0.3, -0.25) is 0 Å². The Balaban J connectivity index is 2.32. The van der Waals surface area contributed by atoms with Crippen LogP contribution in [-0.4, -0.2) is 26.7 Å². The zero-order chi connectivity index (χ0) is 3.58. The van der Waals surface area contributed by atoms with Gasteiger partial charge in [-0.05, 0) is 0 Å². The first-order chi connectivity index (χ1) is 1.73. The fourth-order valence-corrected chi connectivity index (χ4v) is 0. The predicted octanol–water partition coefficient (Wildman–Crippen LogP) is -0.665. The van der Waals surface area contributed by atoms with E-state index in [1.165, 1.54) is 0 Å². The second-order valence-electron chi connectivity index (χ2n) is 1.73. The zero-order valence-electron chi connectivity index (χ0n) is 3.58. The first-order valence-electron chi connectivity index (χ1n) is 1.73. The van der Waals surface area contributed by atoms with Crippen molar-refractivity contribution < 1.29 is 0 Å². The molecule has 0 aliphatic carbocycles. The standard InChI is InChI=1S/2CH3.H3Si.Sn.H/h3*1H3;;. The quantitative estimate of drug-likeness (QED) is 0.435.